The van der Waals surface area contributed by atoms with Crippen LogP contribution in [-0.2, 0) is 30.4 Å². The van der Waals surface area contributed by atoms with Crippen LogP contribution in [0.25, 0.3) is 0 Å². The first-order valence-corrected chi connectivity index (χ1v) is 12.0. The highest BCUT2D eigenvalue weighted by atomic mass is 32.1. The third-order valence-electron chi connectivity index (χ3n) is 5.12. The van der Waals surface area contributed by atoms with Gasteiger partial charge in [0.1, 0.15) is 23.9 Å². The SMILES string of the molecule is NC(N)=NCCCC(NC(=O)C(CS)NC(=O)C(N)CC(=O)O)C(=O)NC(Cc1ccc(O)cc1)C(=O)O. The van der Waals surface area contributed by atoms with Gasteiger partial charge in [-0.05, 0) is 30.5 Å². The van der Waals surface area contributed by atoms with E-state index in [1.54, 1.807) is 0 Å². The van der Waals surface area contributed by atoms with Crippen molar-refractivity contribution in [1.29, 1.82) is 0 Å². The Morgan fingerprint density at radius 3 is 1.97 bits per heavy atom. The number of amides is 3. The van der Waals surface area contributed by atoms with Gasteiger partial charge >= 0.3 is 11.9 Å². The second kappa shape index (κ2) is 15.9. The molecule has 0 aliphatic carbocycles. The van der Waals surface area contributed by atoms with Gasteiger partial charge in [0, 0.05) is 18.7 Å². The van der Waals surface area contributed by atoms with E-state index in [1.807, 2.05) is 0 Å². The van der Waals surface area contributed by atoms with Crippen LogP contribution < -0.4 is 33.2 Å². The Hall–Kier alpha value is -4.05. The lowest BCUT2D eigenvalue weighted by atomic mass is 10.0. The Morgan fingerprint density at radius 2 is 1.45 bits per heavy atom. The molecule has 0 saturated heterocycles. The van der Waals surface area contributed by atoms with Crippen LogP contribution in [-0.4, -0.2) is 87.4 Å². The molecule has 210 valence electrons. The van der Waals surface area contributed by atoms with E-state index in [0.29, 0.717) is 5.56 Å². The molecule has 16 heteroatoms. The van der Waals surface area contributed by atoms with Crippen LogP contribution in [0.4, 0.5) is 0 Å². The lowest BCUT2D eigenvalue weighted by Gasteiger charge is -2.24. The topological polar surface area (TPSA) is 273 Å². The monoisotopic (exact) mass is 555 g/mol. The molecule has 0 heterocycles. The molecule has 0 spiro atoms. The van der Waals surface area contributed by atoms with Gasteiger partial charge in [0.15, 0.2) is 5.96 Å². The molecule has 0 radical (unpaired) electrons. The van der Waals surface area contributed by atoms with Crippen LogP contribution in [0, 0.1) is 0 Å². The fourth-order valence-corrected chi connectivity index (χ4v) is 3.40. The van der Waals surface area contributed by atoms with Crippen LogP contribution >= 0.6 is 12.6 Å². The maximum Gasteiger partial charge on any atom is 0.326 e. The molecule has 12 N–H and O–H groups in total. The normalized spacial score (nSPS) is 13.7. The average molecular weight is 556 g/mol. The number of carbonyl (C=O) groups excluding carboxylic acids is 3. The minimum absolute atomic E-state index is 0.00562. The van der Waals surface area contributed by atoms with Gasteiger partial charge in [-0.3, -0.25) is 24.2 Å². The number of rotatable bonds is 16. The van der Waals surface area contributed by atoms with Crippen molar-refractivity contribution in [3.05, 3.63) is 29.8 Å². The molecule has 0 saturated carbocycles. The van der Waals surface area contributed by atoms with E-state index in [1.165, 1.54) is 24.3 Å². The van der Waals surface area contributed by atoms with Crippen molar-refractivity contribution < 1.29 is 39.3 Å². The maximum atomic E-state index is 13.0. The number of nitrogens with two attached hydrogens (primary N) is 3. The molecule has 1 aromatic carbocycles. The highest BCUT2D eigenvalue weighted by Gasteiger charge is 2.30. The van der Waals surface area contributed by atoms with Gasteiger partial charge in [-0.1, -0.05) is 12.1 Å². The number of guanidine groups is 1. The number of hydrogen-bond acceptors (Lipinski definition) is 9. The lowest BCUT2D eigenvalue weighted by molar-refractivity contribution is -0.142. The summed E-state index contributed by atoms with van der Waals surface area (Å²) in [6, 6.07) is 0.447. The summed E-state index contributed by atoms with van der Waals surface area (Å²) < 4.78 is 0. The third-order valence-corrected chi connectivity index (χ3v) is 5.48. The summed E-state index contributed by atoms with van der Waals surface area (Å²) in [6.07, 6.45) is -0.536. The zero-order chi connectivity index (χ0) is 28.8. The molecule has 3 amide bonds. The van der Waals surface area contributed by atoms with Crippen LogP contribution in [0.15, 0.2) is 29.3 Å². The van der Waals surface area contributed by atoms with Gasteiger partial charge in [0.25, 0.3) is 0 Å². The fraction of sp³-hybridized carbons (Fsp3) is 0.455. The van der Waals surface area contributed by atoms with Gasteiger partial charge in [-0.2, -0.15) is 12.6 Å². The summed E-state index contributed by atoms with van der Waals surface area (Å²) in [5, 5.41) is 34.9. The van der Waals surface area contributed by atoms with Crippen LogP contribution in [0.5, 0.6) is 5.75 Å². The van der Waals surface area contributed by atoms with Crippen molar-refractivity contribution in [2.45, 2.75) is 49.9 Å². The highest BCUT2D eigenvalue weighted by molar-refractivity contribution is 7.80. The molecule has 38 heavy (non-hydrogen) atoms. The summed E-state index contributed by atoms with van der Waals surface area (Å²) in [7, 11) is 0. The molecule has 4 atom stereocenters. The largest absolute Gasteiger partial charge is 0.508 e. The smallest absolute Gasteiger partial charge is 0.326 e. The number of nitrogens with one attached hydrogen (secondary N) is 3. The Labute approximate surface area is 223 Å². The van der Waals surface area contributed by atoms with E-state index >= 15 is 0 Å². The van der Waals surface area contributed by atoms with Crippen molar-refractivity contribution >= 4 is 48.2 Å². The Bertz CT molecular complexity index is 1020. The van der Waals surface area contributed by atoms with Crippen molar-refractivity contribution in [1.82, 2.24) is 16.0 Å². The number of carboxylic acids is 2. The van der Waals surface area contributed by atoms with E-state index < -0.39 is 60.2 Å². The van der Waals surface area contributed by atoms with Gasteiger partial charge < -0.3 is 48.5 Å². The van der Waals surface area contributed by atoms with Crippen LogP contribution in [0.2, 0.25) is 0 Å². The molecule has 4 unspecified atom stereocenters. The quantitative estimate of drug-likeness (QED) is 0.0432. The molecule has 0 aromatic heterocycles. The summed E-state index contributed by atoms with van der Waals surface area (Å²) in [5.74, 6) is -5.59. The molecular formula is C22H33N7O8S. The van der Waals surface area contributed by atoms with E-state index in [4.69, 9.17) is 22.3 Å². The van der Waals surface area contributed by atoms with Crippen LogP contribution in [0.3, 0.4) is 0 Å². The van der Waals surface area contributed by atoms with Gasteiger partial charge in [0.2, 0.25) is 17.7 Å². The molecular weight excluding hydrogens is 522 g/mol. The zero-order valence-electron chi connectivity index (χ0n) is 20.4. The van der Waals surface area contributed by atoms with Gasteiger partial charge in [0.05, 0.1) is 12.5 Å². The third kappa shape index (κ3) is 11.8. The van der Waals surface area contributed by atoms with E-state index in [2.05, 4.69) is 33.6 Å². The number of thiol groups is 1. The van der Waals surface area contributed by atoms with Crippen molar-refractivity contribution in [3.8, 4) is 5.75 Å². The van der Waals surface area contributed by atoms with Crippen molar-refractivity contribution in [3.63, 3.8) is 0 Å². The van der Waals surface area contributed by atoms with Crippen LogP contribution in [0.1, 0.15) is 24.8 Å². The summed E-state index contributed by atoms with van der Waals surface area (Å²) in [5.41, 5.74) is 16.6. The number of nitrogens with zero attached hydrogens (tertiary/aromatic N) is 1. The minimum atomic E-state index is -1.42. The van der Waals surface area contributed by atoms with E-state index in [0.717, 1.165) is 0 Å². The average Bonchev–Trinajstić information content (AvgIpc) is 2.84. The van der Waals surface area contributed by atoms with E-state index in [-0.39, 0.29) is 43.3 Å². The summed E-state index contributed by atoms with van der Waals surface area (Å²) >= 11 is 4.02. The zero-order valence-corrected chi connectivity index (χ0v) is 21.3. The minimum Gasteiger partial charge on any atom is -0.508 e. The number of phenols is 1. The first kappa shape index (κ1) is 32.0. The predicted octanol–water partition coefficient (Wildman–Crippen LogP) is -2.74. The second-order valence-electron chi connectivity index (χ2n) is 8.23. The number of benzene rings is 1. The molecule has 0 aliphatic heterocycles. The lowest BCUT2D eigenvalue weighted by Crippen LogP contribution is -2.58. The second-order valence-corrected chi connectivity index (χ2v) is 8.59. The van der Waals surface area contributed by atoms with Gasteiger partial charge in [-0.15, -0.1) is 0 Å². The molecule has 0 bridgehead atoms. The Balaban J connectivity index is 2.99. The molecule has 15 nitrogen and oxygen atoms in total. The van der Waals surface area contributed by atoms with Crippen molar-refractivity contribution in [2.75, 3.05) is 12.3 Å². The van der Waals surface area contributed by atoms with Crippen molar-refractivity contribution in [2.24, 2.45) is 22.2 Å². The number of aliphatic carboxylic acids is 2. The summed E-state index contributed by atoms with van der Waals surface area (Å²) in [4.78, 5) is 64.4. The van der Waals surface area contributed by atoms with E-state index in [9.17, 15) is 34.2 Å². The predicted molar refractivity (Wildman–Crippen MR) is 139 cm³/mol. The first-order chi connectivity index (χ1) is 17.8. The first-order valence-electron chi connectivity index (χ1n) is 11.4. The fourth-order valence-electron chi connectivity index (χ4n) is 3.14. The number of carbonyl (C=O) groups is 5. The standard InChI is InChI=1S/C22H33N7O8S/c23-13(9-17(31)32)18(33)29-16(10-38)20(35)27-14(2-1-7-26-22(24)25)19(34)28-15(21(36)37)8-11-3-5-12(30)6-4-11/h3-6,13-16,30,38H,1-2,7-10,23H2,(H,27,35)(H,28,34)(H,29,33)(H,31,32)(H,36,37)(H4,24,25,26). The number of hydrogen-bond donors (Lipinski definition) is 10. The molecule has 1 rings (SSSR count). The maximum absolute atomic E-state index is 13.0. The molecule has 1 aromatic rings. The summed E-state index contributed by atoms with van der Waals surface area (Å²) in [6.45, 7) is 0.120. The highest BCUT2D eigenvalue weighted by Crippen LogP contribution is 2.12. The number of aliphatic imine (C=N–C) groups is 1. The van der Waals surface area contributed by atoms with Gasteiger partial charge in [-0.25, -0.2) is 4.79 Å². The Morgan fingerprint density at radius 1 is 0.895 bits per heavy atom. The number of aromatic hydroxyl groups is 1. The molecule has 0 aliphatic rings. The number of carboxylic acid groups (broad SMARTS) is 2. The Kier molecular flexibility index (Phi) is 13.4. The molecule has 0 fully saturated rings. The number of phenolic OH excluding ortho intramolecular Hbond substituents is 1.